The Balaban J connectivity index is 1.70. The molecule has 0 bridgehead atoms. The third kappa shape index (κ3) is 4.71. The number of benzene rings is 1. The van der Waals surface area contributed by atoms with E-state index in [2.05, 4.69) is 0 Å². The molecule has 0 spiro atoms. The van der Waals surface area contributed by atoms with Crippen molar-refractivity contribution in [2.24, 2.45) is 14.1 Å². The first-order chi connectivity index (χ1) is 13.7. The number of hydrogen-bond donors (Lipinski definition) is 1. The van der Waals surface area contributed by atoms with E-state index in [4.69, 9.17) is 16.3 Å². The van der Waals surface area contributed by atoms with E-state index in [1.54, 1.807) is 29.2 Å². The van der Waals surface area contributed by atoms with Gasteiger partial charge in [0.1, 0.15) is 23.7 Å². The number of amides is 1. The van der Waals surface area contributed by atoms with Crippen LogP contribution in [0.3, 0.4) is 0 Å². The van der Waals surface area contributed by atoms with Gasteiger partial charge in [-0.3, -0.25) is 18.7 Å². The minimum atomic E-state index is -1.09. The van der Waals surface area contributed by atoms with Gasteiger partial charge < -0.3 is 14.7 Å². The molecule has 1 unspecified atom stereocenters. The van der Waals surface area contributed by atoms with Crippen LogP contribution in [-0.2, 0) is 14.1 Å². The van der Waals surface area contributed by atoms with Crippen LogP contribution in [0.5, 0.6) is 5.75 Å². The van der Waals surface area contributed by atoms with Crippen molar-refractivity contribution in [3.8, 4) is 5.75 Å². The minimum Gasteiger partial charge on any atom is -0.491 e. The van der Waals surface area contributed by atoms with Crippen molar-refractivity contribution in [3.63, 3.8) is 0 Å². The maximum atomic E-state index is 12.9. The topological polar surface area (TPSA) is 93.8 Å². The highest BCUT2D eigenvalue weighted by Crippen LogP contribution is 2.25. The van der Waals surface area contributed by atoms with E-state index in [-0.39, 0.29) is 18.8 Å². The van der Waals surface area contributed by atoms with Crippen molar-refractivity contribution in [2.45, 2.75) is 24.9 Å². The molecule has 0 aliphatic carbocycles. The van der Waals surface area contributed by atoms with Crippen molar-refractivity contribution in [1.29, 1.82) is 0 Å². The fourth-order valence-electron chi connectivity index (χ4n) is 3.40. The maximum absolute atomic E-state index is 12.9. The van der Waals surface area contributed by atoms with Crippen molar-refractivity contribution in [2.75, 3.05) is 19.7 Å². The Hall–Kier alpha value is -2.58. The summed E-state index contributed by atoms with van der Waals surface area (Å²) < 4.78 is 7.82. The maximum Gasteiger partial charge on any atom is 0.331 e. The van der Waals surface area contributed by atoms with Crippen molar-refractivity contribution in [1.82, 2.24) is 14.0 Å². The fraction of sp³-hybridized carbons (Fsp3) is 0.450. The molecule has 1 amide bonds. The first kappa shape index (κ1) is 21.1. The molecule has 1 aliphatic rings. The van der Waals surface area contributed by atoms with Gasteiger partial charge in [-0.25, -0.2) is 4.79 Å². The van der Waals surface area contributed by atoms with Crippen LogP contribution in [0.2, 0.25) is 5.02 Å². The summed E-state index contributed by atoms with van der Waals surface area (Å²) in [6.07, 6.45) is 1.35. The minimum absolute atomic E-state index is 0.0405. The van der Waals surface area contributed by atoms with Gasteiger partial charge in [0, 0.05) is 38.3 Å². The number of rotatable bonds is 4. The normalized spacial score (nSPS) is 19.7. The zero-order valence-electron chi connectivity index (χ0n) is 16.4. The molecule has 1 aromatic carbocycles. The lowest BCUT2D eigenvalue weighted by molar-refractivity contribution is -0.0163. The summed E-state index contributed by atoms with van der Waals surface area (Å²) in [4.78, 5) is 38.5. The molecule has 1 fully saturated rings. The molecule has 9 heteroatoms. The van der Waals surface area contributed by atoms with E-state index >= 15 is 0 Å². The average molecular weight is 422 g/mol. The molecule has 1 aromatic heterocycles. The highest BCUT2D eigenvalue weighted by atomic mass is 35.5. The number of carbonyl (C=O) groups is 1. The van der Waals surface area contributed by atoms with Crippen molar-refractivity contribution in [3.05, 3.63) is 61.9 Å². The number of aromatic nitrogens is 2. The number of halogens is 1. The molecule has 2 aromatic rings. The van der Waals surface area contributed by atoms with Crippen LogP contribution in [-0.4, -0.2) is 50.3 Å². The van der Waals surface area contributed by atoms with E-state index < -0.39 is 22.8 Å². The molecule has 3 rings (SSSR count). The zero-order valence-corrected chi connectivity index (χ0v) is 17.2. The Bertz CT molecular complexity index is 1030. The van der Waals surface area contributed by atoms with Crippen LogP contribution in [0.1, 0.15) is 29.8 Å². The Morgan fingerprint density at radius 3 is 2.66 bits per heavy atom. The van der Waals surface area contributed by atoms with Gasteiger partial charge in [-0.15, -0.1) is 0 Å². The van der Waals surface area contributed by atoms with Crippen LogP contribution in [0.25, 0.3) is 0 Å². The molecule has 29 heavy (non-hydrogen) atoms. The molecule has 1 aliphatic heterocycles. The summed E-state index contributed by atoms with van der Waals surface area (Å²) in [5, 5.41) is 11.5. The molecule has 0 radical (unpaired) electrons. The second-order valence-electron chi connectivity index (χ2n) is 7.38. The van der Waals surface area contributed by atoms with E-state index in [1.165, 1.54) is 24.7 Å². The summed E-state index contributed by atoms with van der Waals surface area (Å²) in [6.45, 7) is 0.791. The molecule has 0 saturated carbocycles. The predicted molar refractivity (Wildman–Crippen MR) is 109 cm³/mol. The summed E-state index contributed by atoms with van der Waals surface area (Å²) in [6, 6.07) is 8.11. The lowest BCUT2D eigenvalue weighted by atomic mass is 9.96. The molecule has 2 heterocycles. The first-order valence-electron chi connectivity index (χ1n) is 9.37. The SMILES string of the molecule is Cn1c(C(=O)N2CCCC(O)(COc3cccc(Cl)c3)CC2)cc(=O)n(C)c1=O. The second kappa shape index (κ2) is 8.42. The van der Waals surface area contributed by atoms with Gasteiger partial charge >= 0.3 is 5.69 Å². The van der Waals surface area contributed by atoms with Crippen LogP contribution >= 0.6 is 11.6 Å². The highest BCUT2D eigenvalue weighted by Gasteiger charge is 2.33. The molecule has 8 nitrogen and oxygen atoms in total. The van der Waals surface area contributed by atoms with E-state index in [9.17, 15) is 19.5 Å². The van der Waals surface area contributed by atoms with Crippen LogP contribution in [0, 0.1) is 0 Å². The van der Waals surface area contributed by atoms with Gasteiger partial charge in [0.05, 0.1) is 0 Å². The molecular formula is C20H24ClN3O5. The number of likely N-dealkylation sites (tertiary alicyclic amines) is 1. The van der Waals surface area contributed by atoms with Crippen LogP contribution in [0.4, 0.5) is 0 Å². The smallest absolute Gasteiger partial charge is 0.331 e. The van der Waals surface area contributed by atoms with Crippen molar-refractivity contribution < 1.29 is 14.6 Å². The standard InChI is InChI=1S/C20H24ClN3O5/c1-22-16(12-17(25)23(2)19(22)27)18(26)24-9-4-7-20(28,8-10-24)13-29-15-6-3-5-14(21)11-15/h3,5-6,11-12,28H,4,7-10,13H2,1-2H3. The first-order valence-corrected chi connectivity index (χ1v) is 9.75. The summed E-state index contributed by atoms with van der Waals surface area (Å²) in [5.41, 5.74) is -2.13. The predicted octanol–water partition coefficient (Wildman–Crippen LogP) is 1.17. The van der Waals surface area contributed by atoms with Crippen LogP contribution in [0.15, 0.2) is 39.9 Å². The van der Waals surface area contributed by atoms with Crippen LogP contribution < -0.4 is 16.0 Å². The van der Waals surface area contributed by atoms with Gasteiger partial charge in [0.25, 0.3) is 11.5 Å². The van der Waals surface area contributed by atoms with Gasteiger partial charge in [0.15, 0.2) is 0 Å². The van der Waals surface area contributed by atoms with Gasteiger partial charge in [-0.1, -0.05) is 17.7 Å². The lowest BCUT2D eigenvalue weighted by Crippen LogP contribution is -2.43. The van der Waals surface area contributed by atoms with Gasteiger partial charge in [-0.05, 0) is 37.5 Å². The number of ether oxygens (including phenoxy) is 1. The quantitative estimate of drug-likeness (QED) is 0.799. The largest absolute Gasteiger partial charge is 0.491 e. The average Bonchev–Trinajstić information content (AvgIpc) is 2.89. The number of nitrogens with zero attached hydrogens (tertiary/aromatic N) is 3. The molecule has 1 saturated heterocycles. The number of hydrogen-bond acceptors (Lipinski definition) is 5. The Labute approximate surface area is 172 Å². The third-order valence-corrected chi connectivity index (χ3v) is 5.49. The fourth-order valence-corrected chi connectivity index (χ4v) is 3.58. The molecular weight excluding hydrogens is 398 g/mol. The summed E-state index contributed by atoms with van der Waals surface area (Å²) >= 11 is 5.95. The molecule has 156 valence electrons. The Morgan fingerprint density at radius 2 is 1.93 bits per heavy atom. The molecule has 1 atom stereocenters. The third-order valence-electron chi connectivity index (χ3n) is 5.25. The summed E-state index contributed by atoms with van der Waals surface area (Å²) in [7, 11) is 2.83. The highest BCUT2D eigenvalue weighted by molar-refractivity contribution is 6.30. The lowest BCUT2D eigenvalue weighted by Gasteiger charge is -2.27. The Morgan fingerprint density at radius 1 is 1.17 bits per heavy atom. The number of carbonyl (C=O) groups excluding carboxylic acids is 1. The van der Waals surface area contributed by atoms with E-state index in [1.807, 2.05) is 0 Å². The van der Waals surface area contributed by atoms with E-state index in [0.29, 0.717) is 36.6 Å². The second-order valence-corrected chi connectivity index (χ2v) is 7.82. The van der Waals surface area contributed by atoms with Gasteiger partial charge in [-0.2, -0.15) is 0 Å². The monoisotopic (exact) mass is 421 g/mol. The number of aliphatic hydroxyl groups is 1. The Kier molecular flexibility index (Phi) is 6.14. The zero-order chi connectivity index (χ0) is 21.2. The van der Waals surface area contributed by atoms with Crippen molar-refractivity contribution >= 4 is 17.5 Å². The van der Waals surface area contributed by atoms with Gasteiger partial charge in [0.2, 0.25) is 0 Å². The molecule has 1 N–H and O–H groups in total. The summed E-state index contributed by atoms with van der Waals surface area (Å²) in [5.74, 6) is 0.167. The van der Waals surface area contributed by atoms with E-state index in [0.717, 1.165) is 4.57 Å².